The zero-order valence-electron chi connectivity index (χ0n) is 23.1. The van der Waals surface area contributed by atoms with Crippen LogP contribution in [0.1, 0.15) is 75.3 Å². The lowest BCUT2D eigenvalue weighted by molar-refractivity contribution is -0.144. The Labute approximate surface area is 230 Å². The molecule has 3 N–H and O–H groups in total. The molecular weight excluding hydrogens is 504 g/mol. The van der Waals surface area contributed by atoms with Gasteiger partial charge in [0, 0.05) is 50.4 Å². The lowest BCUT2D eigenvalue weighted by Gasteiger charge is -2.31. The van der Waals surface area contributed by atoms with Gasteiger partial charge in [0.25, 0.3) is 0 Å². The summed E-state index contributed by atoms with van der Waals surface area (Å²) in [6, 6.07) is 3.30. The Balaban J connectivity index is 1.60. The third-order valence-corrected chi connectivity index (χ3v) is 8.32. The predicted molar refractivity (Wildman–Crippen MR) is 144 cm³/mol. The van der Waals surface area contributed by atoms with E-state index in [9.17, 15) is 24.9 Å². The number of carbonyl (C=O) groups excluding carboxylic acids is 1. The summed E-state index contributed by atoms with van der Waals surface area (Å²) in [5, 5.41) is 29.8. The number of aliphatic hydroxyl groups is 2. The smallest absolute Gasteiger partial charge is 0.308 e. The number of rotatable bonds is 14. The standard InChI is InChI=1S/C29H44N2O8/c1-2-3-10-30(11-6-12-32)26(34)17-31-16-23(20-14-21(18-33)28-25(15-20)38-19-39-28)27(29(35)36)24(31)9-8-22-7-4-5-13-37-22/h14-15,22-24,27,32-33H,2-13,16-19H2,1H3,(H,35,36)/t22?,23-,24+,27-/m1/s1. The number of fused-ring (bicyclic) bond motifs is 1. The van der Waals surface area contributed by atoms with Gasteiger partial charge in [0.05, 0.1) is 25.2 Å². The van der Waals surface area contributed by atoms with Gasteiger partial charge in [-0.05, 0) is 62.6 Å². The van der Waals surface area contributed by atoms with Crippen LogP contribution in [0, 0.1) is 5.92 Å². The van der Waals surface area contributed by atoms with Crippen molar-refractivity contribution in [1.82, 2.24) is 9.80 Å². The maximum atomic E-state index is 13.5. The summed E-state index contributed by atoms with van der Waals surface area (Å²) in [4.78, 5) is 30.1. The Morgan fingerprint density at radius 3 is 2.62 bits per heavy atom. The minimum absolute atomic E-state index is 0.0180. The van der Waals surface area contributed by atoms with E-state index in [1.54, 1.807) is 4.90 Å². The van der Waals surface area contributed by atoms with E-state index in [2.05, 4.69) is 6.92 Å². The maximum absolute atomic E-state index is 13.5. The Hall–Kier alpha value is -2.40. The second kappa shape index (κ2) is 14.3. The SMILES string of the molecule is CCCCN(CCCO)C(=O)CN1C[C@H](c2cc(CO)c3c(c2)OCO3)[C@@H](C(=O)O)[C@@H]1CCC1CCCCO1. The van der Waals surface area contributed by atoms with E-state index in [1.807, 2.05) is 17.0 Å². The van der Waals surface area contributed by atoms with Crippen molar-refractivity contribution in [3.05, 3.63) is 23.3 Å². The molecule has 0 spiro atoms. The molecule has 0 aromatic heterocycles. The second-order valence-electron chi connectivity index (χ2n) is 10.9. The van der Waals surface area contributed by atoms with E-state index in [0.29, 0.717) is 49.5 Å². The molecule has 2 fully saturated rings. The number of benzene rings is 1. The van der Waals surface area contributed by atoms with E-state index in [1.165, 1.54) is 0 Å². The van der Waals surface area contributed by atoms with Crippen LogP contribution >= 0.6 is 0 Å². The average molecular weight is 549 g/mol. The lowest BCUT2D eigenvalue weighted by Crippen LogP contribution is -2.45. The van der Waals surface area contributed by atoms with Gasteiger partial charge in [0.1, 0.15) is 0 Å². The summed E-state index contributed by atoms with van der Waals surface area (Å²) in [6.45, 7) is 4.29. The summed E-state index contributed by atoms with van der Waals surface area (Å²) >= 11 is 0. The third-order valence-electron chi connectivity index (χ3n) is 8.32. The lowest BCUT2D eigenvalue weighted by atomic mass is 9.82. The molecule has 3 heterocycles. The maximum Gasteiger partial charge on any atom is 0.308 e. The Bertz CT molecular complexity index is 959. The van der Waals surface area contributed by atoms with Crippen LogP contribution in [-0.4, -0.2) is 95.3 Å². The number of amides is 1. The van der Waals surface area contributed by atoms with Crippen molar-refractivity contribution in [2.45, 2.75) is 83.0 Å². The van der Waals surface area contributed by atoms with Gasteiger partial charge in [-0.15, -0.1) is 0 Å². The highest BCUT2D eigenvalue weighted by Gasteiger charge is 2.47. The molecular formula is C29H44N2O8. The largest absolute Gasteiger partial charge is 0.481 e. The van der Waals surface area contributed by atoms with Gasteiger partial charge >= 0.3 is 5.97 Å². The van der Waals surface area contributed by atoms with Crippen LogP contribution < -0.4 is 9.47 Å². The molecule has 0 aliphatic carbocycles. The van der Waals surface area contributed by atoms with Gasteiger partial charge in [0.15, 0.2) is 11.5 Å². The van der Waals surface area contributed by atoms with Crippen LogP contribution in [0.3, 0.4) is 0 Å². The van der Waals surface area contributed by atoms with Crippen molar-refractivity contribution in [2.24, 2.45) is 5.92 Å². The minimum Gasteiger partial charge on any atom is -0.481 e. The first-order valence-electron chi connectivity index (χ1n) is 14.5. The fraction of sp³-hybridized carbons (Fsp3) is 0.724. The number of ether oxygens (including phenoxy) is 3. The molecule has 3 aliphatic heterocycles. The molecule has 1 amide bonds. The second-order valence-corrected chi connectivity index (χ2v) is 10.9. The first kappa shape index (κ1) is 29.6. The summed E-state index contributed by atoms with van der Waals surface area (Å²) < 4.78 is 17.1. The highest BCUT2D eigenvalue weighted by molar-refractivity contribution is 5.79. The first-order valence-corrected chi connectivity index (χ1v) is 14.5. The first-order chi connectivity index (χ1) is 19.0. The zero-order valence-corrected chi connectivity index (χ0v) is 23.1. The Kier molecular flexibility index (Phi) is 10.8. The zero-order chi connectivity index (χ0) is 27.8. The van der Waals surface area contributed by atoms with Crippen LogP contribution in [0.4, 0.5) is 0 Å². The molecule has 10 heteroatoms. The van der Waals surface area contributed by atoms with Crippen molar-refractivity contribution in [3.8, 4) is 11.5 Å². The molecule has 1 aromatic carbocycles. The quantitative estimate of drug-likeness (QED) is 0.321. The number of unbranched alkanes of at least 4 members (excludes halogenated alkanes) is 1. The minimum atomic E-state index is -0.893. The molecule has 4 rings (SSSR count). The van der Waals surface area contributed by atoms with Crippen LogP contribution in [0.15, 0.2) is 12.1 Å². The number of likely N-dealkylation sites (tertiary alicyclic amines) is 1. The molecule has 1 aromatic rings. The van der Waals surface area contributed by atoms with Crippen LogP contribution in [0.2, 0.25) is 0 Å². The monoisotopic (exact) mass is 548 g/mol. The van der Waals surface area contributed by atoms with E-state index >= 15 is 0 Å². The van der Waals surface area contributed by atoms with Crippen molar-refractivity contribution < 1.29 is 39.1 Å². The van der Waals surface area contributed by atoms with Gasteiger partial charge < -0.3 is 34.4 Å². The molecule has 0 bridgehead atoms. The molecule has 0 radical (unpaired) electrons. The topological polar surface area (TPSA) is 129 Å². The summed E-state index contributed by atoms with van der Waals surface area (Å²) in [5.74, 6) is -1.03. The number of carboxylic acid groups (broad SMARTS) is 1. The van der Waals surface area contributed by atoms with Crippen LogP contribution in [0.5, 0.6) is 11.5 Å². The highest BCUT2D eigenvalue weighted by atomic mass is 16.7. The predicted octanol–water partition coefficient (Wildman–Crippen LogP) is 2.74. The Morgan fingerprint density at radius 1 is 1.10 bits per heavy atom. The van der Waals surface area contributed by atoms with Crippen molar-refractivity contribution in [2.75, 3.05) is 46.2 Å². The number of aliphatic hydroxyl groups excluding tert-OH is 2. The highest BCUT2D eigenvalue weighted by Crippen LogP contribution is 2.45. The van der Waals surface area contributed by atoms with E-state index in [4.69, 9.17) is 14.2 Å². The molecule has 10 nitrogen and oxygen atoms in total. The fourth-order valence-electron chi connectivity index (χ4n) is 6.27. The fourth-order valence-corrected chi connectivity index (χ4v) is 6.27. The van der Waals surface area contributed by atoms with Gasteiger partial charge in [-0.1, -0.05) is 13.3 Å². The molecule has 4 atom stereocenters. The summed E-state index contributed by atoms with van der Waals surface area (Å²) in [6.07, 6.45) is 6.97. The van der Waals surface area contributed by atoms with Crippen LogP contribution in [-0.2, 0) is 20.9 Å². The van der Waals surface area contributed by atoms with Crippen molar-refractivity contribution >= 4 is 11.9 Å². The van der Waals surface area contributed by atoms with Gasteiger partial charge in [-0.2, -0.15) is 0 Å². The summed E-state index contributed by atoms with van der Waals surface area (Å²) in [7, 11) is 0. The normalized spacial score (nSPS) is 24.7. The molecule has 39 heavy (non-hydrogen) atoms. The van der Waals surface area contributed by atoms with Crippen molar-refractivity contribution in [3.63, 3.8) is 0 Å². The van der Waals surface area contributed by atoms with E-state index in [-0.39, 0.29) is 50.5 Å². The number of carboxylic acids is 1. The number of aliphatic carboxylic acids is 1. The molecule has 2 saturated heterocycles. The molecule has 218 valence electrons. The van der Waals surface area contributed by atoms with Gasteiger partial charge in [-0.3, -0.25) is 14.5 Å². The number of nitrogens with zero attached hydrogens (tertiary/aromatic N) is 2. The van der Waals surface area contributed by atoms with E-state index in [0.717, 1.165) is 50.7 Å². The van der Waals surface area contributed by atoms with E-state index < -0.39 is 11.9 Å². The van der Waals surface area contributed by atoms with Gasteiger partial charge in [0.2, 0.25) is 12.7 Å². The molecule has 0 saturated carbocycles. The summed E-state index contributed by atoms with van der Waals surface area (Å²) in [5.41, 5.74) is 1.34. The number of hydrogen-bond donors (Lipinski definition) is 3. The van der Waals surface area contributed by atoms with Crippen LogP contribution in [0.25, 0.3) is 0 Å². The third kappa shape index (κ3) is 7.22. The molecule has 1 unspecified atom stereocenters. The molecule has 3 aliphatic rings. The average Bonchev–Trinajstić information content (AvgIpc) is 3.56. The Morgan fingerprint density at radius 2 is 1.92 bits per heavy atom. The number of hydrogen-bond acceptors (Lipinski definition) is 8. The number of carbonyl (C=O) groups is 2. The van der Waals surface area contributed by atoms with Gasteiger partial charge in [-0.25, -0.2) is 0 Å². The van der Waals surface area contributed by atoms with Crippen molar-refractivity contribution in [1.29, 1.82) is 0 Å².